The minimum atomic E-state index is -0.584. The molecule has 0 saturated carbocycles. The van der Waals surface area contributed by atoms with Crippen LogP contribution in [0.25, 0.3) is 0 Å². The second-order valence-corrected chi connectivity index (χ2v) is 4.08. The first-order valence-corrected chi connectivity index (χ1v) is 5.64. The molecule has 7 heteroatoms. The molecule has 1 amide bonds. The van der Waals surface area contributed by atoms with E-state index >= 15 is 0 Å². The van der Waals surface area contributed by atoms with E-state index in [1.807, 2.05) is 18.2 Å². The summed E-state index contributed by atoms with van der Waals surface area (Å²) in [4.78, 5) is 15.3. The van der Waals surface area contributed by atoms with E-state index in [-0.39, 0.29) is 11.4 Å². The van der Waals surface area contributed by atoms with Gasteiger partial charge in [0.25, 0.3) is 5.91 Å². The number of amides is 1. The molecule has 17 heavy (non-hydrogen) atoms. The van der Waals surface area contributed by atoms with Crippen LogP contribution in [-0.4, -0.2) is 15.3 Å². The third-order valence-electron chi connectivity index (χ3n) is 2.12. The lowest BCUT2D eigenvalue weighted by Gasteiger charge is -2.04. The van der Waals surface area contributed by atoms with E-state index in [1.54, 1.807) is 6.20 Å². The molecule has 0 spiro atoms. The lowest BCUT2D eigenvalue weighted by molar-refractivity contribution is 0.100. The Morgan fingerprint density at radius 2 is 2.29 bits per heavy atom. The summed E-state index contributed by atoms with van der Waals surface area (Å²) in [5.74, 6) is -0.425. The molecule has 0 fully saturated rings. The Morgan fingerprint density at radius 1 is 1.47 bits per heavy atom. The number of aromatic nitrogens is 2. The predicted molar refractivity (Wildman–Crippen MR) is 66.6 cm³/mol. The maximum absolute atomic E-state index is 11.2. The molecular formula is C10H11N5OS. The number of hydrogen-bond donors (Lipinski definition) is 3. The Balaban J connectivity index is 2.12. The first-order chi connectivity index (χ1) is 8.18. The molecule has 0 aliphatic rings. The molecule has 0 unspecified atom stereocenters. The number of nitrogens with zero attached hydrogens (tertiary/aromatic N) is 2. The van der Waals surface area contributed by atoms with E-state index in [0.717, 1.165) is 17.2 Å². The molecule has 0 aliphatic carbocycles. The lowest BCUT2D eigenvalue weighted by Crippen LogP contribution is -2.14. The number of primary amides is 1. The van der Waals surface area contributed by atoms with Crippen molar-refractivity contribution in [2.24, 2.45) is 5.73 Å². The van der Waals surface area contributed by atoms with E-state index in [1.165, 1.54) is 0 Å². The molecule has 2 heterocycles. The Labute approximate surface area is 102 Å². The fourth-order valence-electron chi connectivity index (χ4n) is 1.33. The number of hydrogen-bond acceptors (Lipinski definition) is 6. The van der Waals surface area contributed by atoms with E-state index in [9.17, 15) is 4.79 Å². The number of nitrogens with two attached hydrogens (primary N) is 2. The van der Waals surface area contributed by atoms with Gasteiger partial charge in [0.15, 0.2) is 5.82 Å². The number of anilines is 2. The summed E-state index contributed by atoms with van der Waals surface area (Å²) in [7, 11) is 0. The number of carbonyl (C=O) groups excluding carboxylic acids is 1. The quantitative estimate of drug-likeness (QED) is 0.744. The largest absolute Gasteiger partial charge is 0.382 e. The number of carbonyl (C=O) groups is 1. The highest BCUT2D eigenvalue weighted by Crippen LogP contribution is 2.26. The molecule has 2 aromatic heterocycles. The van der Waals surface area contributed by atoms with Crippen LogP contribution < -0.4 is 16.8 Å². The summed E-state index contributed by atoms with van der Waals surface area (Å²) in [5, 5.41) is 3.61. The third kappa shape index (κ3) is 2.51. The Bertz CT molecular complexity index is 525. The van der Waals surface area contributed by atoms with Gasteiger partial charge in [0.2, 0.25) is 0 Å². The van der Waals surface area contributed by atoms with Crippen molar-refractivity contribution in [1.29, 1.82) is 0 Å². The number of rotatable bonds is 4. The molecule has 0 bridgehead atoms. The molecule has 0 saturated heterocycles. The summed E-state index contributed by atoms with van der Waals surface area (Å²) in [5.41, 5.74) is 11.9. The minimum Gasteiger partial charge on any atom is -0.382 e. The van der Waals surface area contributed by atoms with Crippen molar-refractivity contribution >= 4 is 28.3 Å². The highest BCUT2D eigenvalue weighted by molar-refractivity contribution is 7.11. The van der Waals surface area contributed by atoms with Crippen LogP contribution in [0.3, 0.4) is 0 Å². The zero-order valence-corrected chi connectivity index (χ0v) is 9.70. The molecule has 2 aromatic rings. The molecule has 0 aromatic carbocycles. The SMILES string of the molecule is NC(=O)c1c(N)nsc1NCc1ccccn1. The average molecular weight is 249 g/mol. The zero-order chi connectivity index (χ0) is 12.3. The van der Waals surface area contributed by atoms with Crippen molar-refractivity contribution in [1.82, 2.24) is 9.36 Å². The zero-order valence-electron chi connectivity index (χ0n) is 8.88. The Kier molecular flexibility index (Phi) is 3.20. The highest BCUT2D eigenvalue weighted by atomic mass is 32.1. The highest BCUT2D eigenvalue weighted by Gasteiger charge is 2.16. The second-order valence-electron chi connectivity index (χ2n) is 3.31. The van der Waals surface area contributed by atoms with Crippen LogP contribution in [0.5, 0.6) is 0 Å². The molecular weight excluding hydrogens is 238 g/mol. The van der Waals surface area contributed by atoms with Gasteiger partial charge in [0.05, 0.1) is 12.2 Å². The second kappa shape index (κ2) is 4.79. The van der Waals surface area contributed by atoms with E-state index in [4.69, 9.17) is 11.5 Å². The van der Waals surface area contributed by atoms with Crippen molar-refractivity contribution in [3.05, 3.63) is 35.7 Å². The van der Waals surface area contributed by atoms with Crippen molar-refractivity contribution in [2.45, 2.75) is 6.54 Å². The smallest absolute Gasteiger partial charge is 0.255 e. The fourth-order valence-corrected chi connectivity index (χ4v) is 2.05. The Morgan fingerprint density at radius 3 is 2.94 bits per heavy atom. The minimum absolute atomic E-state index is 0.158. The van der Waals surface area contributed by atoms with E-state index in [2.05, 4.69) is 14.7 Å². The van der Waals surface area contributed by atoms with Gasteiger partial charge in [0, 0.05) is 6.20 Å². The Hall–Kier alpha value is -2.15. The van der Waals surface area contributed by atoms with Crippen LogP contribution in [0.1, 0.15) is 16.1 Å². The maximum atomic E-state index is 11.2. The van der Waals surface area contributed by atoms with Gasteiger partial charge in [-0.05, 0) is 23.7 Å². The maximum Gasteiger partial charge on any atom is 0.255 e. The predicted octanol–water partition coefficient (Wildman–Crippen LogP) is 0.831. The summed E-state index contributed by atoms with van der Waals surface area (Å²) in [6.07, 6.45) is 1.70. The molecule has 0 radical (unpaired) electrons. The lowest BCUT2D eigenvalue weighted by atomic mass is 10.3. The summed E-state index contributed by atoms with van der Waals surface area (Å²) in [6.45, 7) is 0.489. The monoisotopic (exact) mass is 249 g/mol. The molecule has 0 aliphatic heterocycles. The van der Waals surface area contributed by atoms with Crippen molar-refractivity contribution < 1.29 is 4.79 Å². The van der Waals surface area contributed by atoms with Crippen LogP contribution in [-0.2, 0) is 6.54 Å². The summed E-state index contributed by atoms with van der Waals surface area (Å²) in [6, 6.07) is 5.60. The number of pyridine rings is 1. The molecule has 6 nitrogen and oxygen atoms in total. The van der Waals surface area contributed by atoms with Crippen molar-refractivity contribution in [3.8, 4) is 0 Å². The standard InChI is InChI=1S/C10H11N5OS/c11-8-7(9(12)16)10(17-15-8)14-5-6-3-1-2-4-13-6/h1-4,14H,5H2,(H2,11,15)(H2,12,16). The summed E-state index contributed by atoms with van der Waals surface area (Å²) < 4.78 is 3.89. The van der Waals surface area contributed by atoms with E-state index in [0.29, 0.717) is 11.5 Å². The van der Waals surface area contributed by atoms with Gasteiger partial charge in [0.1, 0.15) is 10.6 Å². The van der Waals surface area contributed by atoms with Gasteiger partial charge in [-0.1, -0.05) is 6.07 Å². The van der Waals surface area contributed by atoms with Crippen LogP contribution in [0.15, 0.2) is 24.4 Å². The van der Waals surface area contributed by atoms with Gasteiger partial charge in [-0.3, -0.25) is 9.78 Å². The molecule has 5 N–H and O–H groups in total. The molecule has 2 rings (SSSR count). The average Bonchev–Trinajstić information content (AvgIpc) is 2.69. The van der Waals surface area contributed by atoms with Gasteiger partial charge < -0.3 is 16.8 Å². The summed E-state index contributed by atoms with van der Waals surface area (Å²) >= 11 is 1.11. The van der Waals surface area contributed by atoms with Gasteiger partial charge >= 0.3 is 0 Å². The number of nitrogen functional groups attached to an aromatic ring is 1. The topological polar surface area (TPSA) is 107 Å². The van der Waals surface area contributed by atoms with Crippen molar-refractivity contribution in [2.75, 3.05) is 11.1 Å². The van der Waals surface area contributed by atoms with Crippen LogP contribution in [0.2, 0.25) is 0 Å². The third-order valence-corrected chi connectivity index (χ3v) is 2.94. The molecule has 88 valence electrons. The van der Waals surface area contributed by atoms with Gasteiger partial charge in [-0.25, -0.2) is 0 Å². The van der Waals surface area contributed by atoms with Gasteiger partial charge in [-0.2, -0.15) is 4.37 Å². The normalized spacial score (nSPS) is 10.1. The van der Waals surface area contributed by atoms with Crippen LogP contribution >= 0.6 is 11.5 Å². The van der Waals surface area contributed by atoms with Crippen LogP contribution in [0.4, 0.5) is 10.8 Å². The van der Waals surface area contributed by atoms with Gasteiger partial charge in [-0.15, -0.1) is 0 Å². The fraction of sp³-hybridized carbons (Fsp3) is 0.100. The van der Waals surface area contributed by atoms with E-state index < -0.39 is 5.91 Å². The first kappa shape index (κ1) is 11.3. The van der Waals surface area contributed by atoms with Crippen LogP contribution in [0, 0.1) is 0 Å². The first-order valence-electron chi connectivity index (χ1n) is 4.87. The molecule has 0 atom stereocenters. The number of nitrogens with one attached hydrogen (secondary N) is 1. The van der Waals surface area contributed by atoms with Crippen molar-refractivity contribution in [3.63, 3.8) is 0 Å².